The molecule has 19 heavy (non-hydrogen) atoms. The molecule has 0 spiro atoms. The number of carbonyl (C=O) groups is 2. The zero-order valence-electron chi connectivity index (χ0n) is 10.4. The lowest BCUT2D eigenvalue weighted by molar-refractivity contribution is -0.126. The number of nitrogens with zero attached hydrogens (tertiary/aromatic N) is 1. The summed E-state index contributed by atoms with van der Waals surface area (Å²) in [5.41, 5.74) is 0. The van der Waals surface area contributed by atoms with Gasteiger partial charge in [-0.2, -0.15) is 0 Å². The van der Waals surface area contributed by atoms with E-state index in [2.05, 4.69) is 11.9 Å². The molecule has 0 aromatic carbocycles. The van der Waals surface area contributed by atoms with E-state index in [9.17, 15) is 9.59 Å². The minimum atomic E-state index is -0.329. The van der Waals surface area contributed by atoms with E-state index in [-0.39, 0.29) is 28.8 Å². The maximum Gasteiger partial charge on any atom is 0.287 e. The van der Waals surface area contributed by atoms with Crippen LogP contribution in [0.15, 0.2) is 29.2 Å². The molecule has 6 heteroatoms. The molecule has 5 nitrogen and oxygen atoms in total. The second kappa shape index (κ2) is 5.93. The Kier molecular flexibility index (Phi) is 4.27. The van der Waals surface area contributed by atoms with Gasteiger partial charge in [0.15, 0.2) is 11.0 Å². The number of hydrogen-bond acceptors (Lipinski definition) is 3. The van der Waals surface area contributed by atoms with E-state index in [4.69, 9.17) is 16.0 Å². The number of rotatable bonds is 4. The van der Waals surface area contributed by atoms with Crippen molar-refractivity contribution in [2.45, 2.75) is 18.9 Å². The summed E-state index contributed by atoms with van der Waals surface area (Å²) >= 11 is 5.60. The van der Waals surface area contributed by atoms with E-state index in [1.807, 2.05) is 0 Å². The highest BCUT2D eigenvalue weighted by molar-refractivity contribution is 6.29. The highest BCUT2D eigenvalue weighted by Gasteiger charge is 2.27. The van der Waals surface area contributed by atoms with Crippen molar-refractivity contribution in [3.8, 4) is 0 Å². The van der Waals surface area contributed by atoms with Gasteiger partial charge in [-0.05, 0) is 42.7 Å². The van der Waals surface area contributed by atoms with E-state index < -0.39 is 0 Å². The summed E-state index contributed by atoms with van der Waals surface area (Å²) in [7, 11) is 0. The van der Waals surface area contributed by atoms with E-state index >= 15 is 0 Å². The average molecular weight is 283 g/mol. The molecular weight excluding hydrogens is 268 g/mol. The number of amides is 2. The topological polar surface area (TPSA) is 62.6 Å². The highest BCUT2D eigenvalue weighted by Crippen LogP contribution is 2.17. The molecule has 0 radical (unpaired) electrons. The van der Waals surface area contributed by atoms with Crippen molar-refractivity contribution in [3.63, 3.8) is 0 Å². The first kappa shape index (κ1) is 13.7. The fraction of sp³-hybridized carbons (Fsp3) is 0.385. The third-order valence-electron chi connectivity index (χ3n) is 3.13. The average Bonchev–Trinajstić information content (AvgIpc) is 3.03. The molecule has 2 heterocycles. The summed E-state index contributed by atoms with van der Waals surface area (Å²) in [6, 6.07) is 3.04. The number of furan rings is 1. The second-order valence-corrected chi connectivity index (χ2v) is 4.72. The Hall–Kier alpha value is -1.75. The number of halogens is 1. The van der Waals surface area contributed by atoms with E-state index in [0.717, 1.165) is 12.8 Å². The van der Waals surface area contributed by atoms with Gasteiger partial charge in [-0.15, -0.1) is 0 Å². The highest BCUT2D eigenvalue weighted by atomic mass is 35.5. The predicted octanol–water partition coefficient (Wildman–Crippen LogP) is 1.84. The predicted molar refractivity (Wildman–Crippen MR) is 71.0 cm³/mol. The van der Waals surface area contributed by atoms with Crippen molar-refractivity contribution in [2.75, 3.05) is 13.1 Å². The van der Waals surface area contributed by atoms with Crippen LogP contribution in [0.5, 0.6) is 0 Å². The molecule has 1 saturated heterocycles. The quantitative estimate of drug-likeness (QED) is 0.857. The van der Waals surface area contributed by atoms with Crippen molar-refractivity contribution in [1.29, 1.82) is 0 Å². The monoisotopic (exact) mass is 282 g/mol. The van der Waals surface area contributed by atoms with Crippen molar-refractivity contribution >= 4 is 23.4 Å². The Balaban J connectivity index is 1.89. The molecular formula is C13H15ClN2O3. The molecule has 102 valence electrons. The Morgan fingerprint density at radius 1 is 1.58 bits per heavy atom. The summed E-state index contributed by atoms with van der Waals surface area (Å²) in [4.78, 5) is 25.1. The Labute approximate surface area is 116 Å². The molecule has 1 aromatic heterocycles. The number of hydrogen-bond donors (Lipinski definition) is 1. The maximum absolute atomic E-state index is 11.8. The van der Waals surface area contributed by atoms with Gasteiger partial charge in [0.25, 0.3) is 5.91 Å². The molecule has 1 N–H and O–H groups in total. The molecule has 1 unspecified atom stereocenters. The van der Waals surface area contributed by atoms with Gasteiger partial charge in [-0.3, -0.25) is 9.59 Å². The number of nitrogens with one attached hydrogen (secondary N) is 1. The molecule has 1 aliphatic rings. The molecule has 1 atom stereocenters. The van der Waals surface area contributed by atoms with Gasteiger partial charge in [-0.1, -0.05) is 6.58 Å². The fourth-order valence-electron chi connectivity index (χ4n) is 2.19. The van der Waals surface area contributed by atoms with Crippen LogP contribution < -0.4 is 5.32 Å². The first-order chi connectivity index (χ1) is 9.11. The van der Waals surface area contributed by atoms with Crippen molar-refractivity contribution < 1.29 is 14.0 Å². The van der Waals surface area contributed by atoms with Gasteiger partial charge in [-0.25, -0.2) is 0 Å². The second-order valence-electron chi connectivity index (χ2n) is 4.35. The van der Waals surface area contributed by atoms with Gasteiger partial charge in [0, 0.05) is 19.1 Å². The Bertz CT molecular complexity index is 498. The lowest BCUT2D eigenvalue weighted by Gasteiger charge is -2.23. The summed E-state index contributed by atoms with van der Waals surface area (Å²) in [6.45, 7) is 4.58. The van der Waals surface area contributed by atoms with Crippen LogP contribution in [0.2, 0.25) is 5.22 Å². The first-order valence-electron chi connectivity index (χ1n) is 6.08. The van der Waals surface area contributed by atoms with Crippen LogP contribution in [-0.4, -0.2) is 35.8 Å². The summed E-state index contributed by atoms with van der Waals surface area (Å²) in [6.07, 6.45) is 3.11. The smallest absolute Gasteiger partial charge is 0.287 e. The van der Waals surface area contributed by atoms with E-state index in [1.54, 1.807) is 4.90 Å². The minimum absolute atomic E-state index is 0.0138. The van der Waals surface area contributed by atoms with Gasteiger partial charge >= 0.3 is 0 Å². The van der Waals surface area contributed by atoms with Crippen molar-refractivity contribution in [3.05, 3.63) is 35.8 Å². The Morgan fingerprint density at radius 2 is 2.37 bits per heavy atom. The van der Waals surface area contributed by atoms with Gasteiger partial charge in [0.05, 0.1) is 0 Å². The fourth-order valence-corrected chi connectivity index (χ4v) is 2.34. The Morgan fingerprint density at radius 3 is 3.00 bits per heavy atom. The number of likely N-dealkylation sites (tertiary alicyclic amines) is 1. The van der Waals surface area contributed by atoms with Gasteiger partial charge in [0.1, 0.15) is 0 Å². The third-order valence-corrected chi connectivity index (χ3v) is 3.33. The summed E-state index contributed by atoms with van der Waals surface area (Å²) < 4.78 is 5.01. The normalized spacial score (nSPS) is 18.4. The van der Waals surface area contributed by atoms with Crippen LogP contribution in [0.4, 0.5) is 0 Å². The van der Waals surface area contributed by atoms with E-state index in [0.29, 0.717) is 13.1 Å². The zero-order chi connectivity index (χ0) is 13.8. The lowest BCUT2D eigenvalue weighted by atomic mass is 10.2. The van der Waals surface area contributed by atoms with Crippen LogP contribution in [0, 0.1) is 0 Å². The SMILES string of the molecule is C=CC(=O)N1CCCC1CNC(=O)c1ccc(Cl)o1. The van der Waals surface area contributed by atoms with Crippen LogP contribution >= 0.6 is 11.6 Å². The van der Waals surface area contributed by atoms with Gasteiger partial charge in [0.2, 0.25) is 5.91 Å². The standard InChI is InChI=1S/C13H15ClN2O3/c1-2-12(17)16-7-3-4-9(16)8-15-13(18)10-5-6-11(14)19-10/h2,5-6,9H,1,3-4,7-8H2,(H,15,18). The van der Waals surface area contributed by atoms with Crippen LogP contribution in [0.3, 0.4) is 0 Å². The molecule has 0 aliphatic carbocycles. The zero-order valence-corrected chi connectivity index (χ0v) is 11.2. The molecule has 1 aliphatic heterocycles. The molecule has 2 amide bonds. The van der Waals surface area contributed by atoms with Crippen LogP contribution in [0.1, 0.15) is 23.4 Å². The first-order valence-corrected chi connectivity index (χ1v) is 6.46. The minimum Gasteiger partial charge on any atom is -0.440 e. The largest absolute Gasteiger partial charge is 0.440 e. The third kappa shape index (κ3) is 3.17. The van der Waals surface area contributed by atoms with E-state index in [1.165, 1.54) is 18.2 Å². The molecule has 2 rings (SSSR count). The number of carbonyl (C=O) groups excluding carboxylic acids is 2. The van der Waals surface area contributed by atoms with Gasteiger partial charge < -0.3 is 14.6 Å². The van der Waals surface area contributed by atoms with Crippen molar-refractivity contribution in [1.82, 2.24) is 10.2 Å². The molecule has 0 bridgehead atoms. The lowest BCUT2D eigenvalue weighted by Crippen LogP contribution is -2.42. The van der Waals surface area contributed by atoms with Crippen LogP contribution in [-0.2, 0) is 4.79 Å². The summed E-state index contributed by atoms with van der Waals surface area (Å²) in [5.74, 6) is -0.257. The van der Waals surface area contributed by atoms with Crippen molar-refractivity contribution in [2.24, 2.45) is 0 Å². The molecule has 1 aromatic rings. The molecule has 1 fully saturated rings. The van der Waals surface area contributed by atoms with Crippen LogP contribution in [0.25, 0.3) is 0 Å². The molecule has 0 saturated carbocycles. The maximum atomic E-state index is 11.8. The summed E-state index contributed by atoms with van der Waals surface area (Å²) in [5, 5.41) is 2.92.